The third-order valence-electron chi connectivity index (χ3n) is 3.87. The van der Waals surface area contributed by atoms with Crippen LogP contribution in [0.3, 0.4) is 0 Å². The van der Waals surface area contributed by atoms with E-state index in [1.54, 1.807) is 24.3 Å². The van der Waals surface area contributed by atoms with Crippen molar-refractivity contribution in [3.8, 4) is 0 Å². The van der Waals surface area contributed by atoms with Crippen molar-refractivity contribution in [2.24, 2.45) is 5.41 Å². The molecule has 0 aromatic heterocycles. The lowest BCUT2D eigenvalue weighted by Crippen LogP contribution is -2.69. The van der Waals surface area contributed by atoms with Gasteiger partial charge in [0.05, 0.1) is 9.64 Å². The Hall–Kier alpha value is -0.830. The van der Waals surface area contributed by atoms with Gasteiger partial charge in [0, 0.05) is 0 Å². The van der Waals surface area contributed by atoms with Crippen LogP contribution in [-0.4, -0.2) is 13.2 Å². The minimum Gasteiger partial charge on any atom is -0.223 e. The molecule has 15 heavy (non-hydrogen) atoms. The van der Waals surface area contributed by atoms with Gasteiger partial charge in [-0.25, -0.2) is 8.42 Å². The van der Waals surface area contributed by atoms with Gasteiger partial charge >= 0.3 is 0 Å². The van der Waals surface area contributed by atoms with Crippen LogP contribution in [0.5, 0.6) is 0 Å². The van der Waals surface area contributed by atoms with E-state index >= 15 is 0 Å². The van der Waals surface area contributed by atoms with Gasteiger partial charge in [-0.05, 0) is 36.8 Å². The first-order valence-electron chi connectivity index (χ1n) is 5.27. The molecular weight excluding hydrogens is 208 g/mol. The monoisotopic (exact) mass is 222 g/mol. The van der Waals surface area contributed by atoms with E-state index in [4.69, 9.17) is 0 Å². The van der Waals surface area contributed by atoms with Crippen molar-refractivity contribution >= 4 is 9.84 Å². The van der Waals surface area contributed by atoms with Crippen molar-refractivity contribution in [1.82, 2.24) is 0 Å². The van der Waals surface area contributed by atoms with E-state index in [-0.39, 0.29) is 0 Å². The lowest BCUT2D eigenvalue weighted by molar-refractivity contribution is -0.0624. The number of sulfone groups is 1. The first-order chi connectivity index (χ1) is 6.98. The predicted molar refractivity (Wildman–Crippen MR) is 58.3 cm³/mol. The summed E-state index contributed by atoms with van der Waals surface area (Å²) in [7, 11) is -3.07. The normalized spacial score (nSPS) is 37.9. The van der Waals surface area contributed by atoms with Crippen molar-refractivity contribution in [1.29, 1.82) is 0 Å². The average molecular weight is 222 g/mol. The van der Waals surface area contributed by atoms with Gasteiger partial charge in [0.25, 0.3) is 0 Å². The lowest BCUT2D eigenvalue weighted by Gasteiger charge is -2.68. The second-order valence-electron chi connectivity index (χ2n) is 5.34. The smallest absolute Gasteiger partial charge is 0.184 e. The predicted octanol–water partition coefficient (Wildman–Crippen LogP) is 2.40. The molecule has 3 heteroatoms. The fourth-order valence-electron chi connectivity index (χ4n) is 3.31. The van der Waals surface area contributed by atoms with Gasteiger partial charge in [-0.2, -0.15) is 0 Å². The molecule has 0 aliphatic heterocycles. The molecule has 0 saturated heterocycles. The Morgan fingerprint density at radius 2 is 1.60 bits per heavy atom. The minimum absolute atomic E-state index is 0.335. The summed E-state index contributed by atoms with van der Waals surface area (Å²) in [6.07, 6.45) is 2.58. The van der Waals surface area contributed by atoms with Gasteiger partial charge < -0.3 is 0 Å². The standard InChI is InChI=1S/C12H14O2S/c1-11-7-12(8-11,9-11)15(13,14)10-5-3-2-4-6-10/h2-6H,7-9H2,1H3. The highest BCUT2D eigenvalue weighted by atomic mass is 32.2. The molecule has 3 saturated carbocycles. The quantitative estimate of drug-likeness (QED) is 0.770. The van der Waals surface area contributed by atoms with E-state index < -0.39 is 14.6 Å². The van der Waals surface area contributed by atoms with Crippen molar-refractivity contribution in [3.05, 3.63) is 30.3 Å². The highest BCUT2D eigenvalue weighted by Gasteiger charge is 2.71. The summed E-state index contributed by atoms with van der Waals surface area (Å²) in [5.41, 5.74) is 0.335. The van der Waals surface area contributed by atoms with E-state index in [0.717, 1.165) is 19.3 Å². The average Bonchev–Trinajstić information content (AvgIpc) is 2.13. The summed E-state index contributed by atoms with van der Waals surface area (Å²) < 4.78 is 24.2. The third kappa shape index (κ3) is 1.02. The zero-order valence-corrected chi connectivity index (χ0v) is 9.55. The maximum Gasteiger partial charge on any atom is 0.184 e. The van der Waals surface area contributed by atoms with Gasteiger partial charge in [0.15, 0.2) is 9.84 Å². The van der Waals surface area contributed by atoms with E-state index in [1.165, 1.54) is 0 Å². The van der Waals surface area contributed by atoms with Gasteiger partial charge in [-0.3, -0.25) is 0 Å². The van der Waals surface area contributed by atoms with E-state index in [1.807, 2.05) is 6.07 Å². The van der Waals surface area contributed by atoms with Gasteiger partial charge in [-0.1, -0.05) is 25.1 Å². The molecule has 0 atom stereocenters. The molecule has 0 spiro atoms. The largest absolute Gasteiger partial charge is 0.223 e. The zero-order valence-electron chi connectivity index (χ0n) is 8.73. The molecule has 4 rings (SSSR count). The number of benzene rings is 1. The summed E-state index contributed by atoms with van der Waals surface area (Å²) in [4.78, 5) is 0.492. The van der Waals surface area contributed by atoms with Crippen LogP contribution in [0.15, 0.2) is 35.2 Å². The lowest BCUT2D eigenvalue weighted by atomic mass is 9.45. The number of hydrogen-bond donors (Lipinski definition) is 0. The molecule has 0 unspecified atom stereocenters. The molecule has 1 aromatic rings. The molecule has 3 aliphatic rings. The maximum absolute atomic E-state index is 12.3. The fourth-order valence-corrected chi connectivity index (χ4v) is 5.94. The molecule has 2 bridgehead atoms. The molecule has 0 heterocycles. The van der Waals surface area contributed by atoms with Gasteiger partial charge in [0.1, 0.15) is 0 Å². The Bertz CT molecular complexity index is 482. The highest BCUT2D eigenvalue weighted by Crippen LogP contribution is 2.71. The van der Waals surface area contributed by atoms with Crippen LogP contribution in [0.4, 0.5) is 0 Å². The summed E-state index contributed by atoms with van der Waals surface area (Å²) in [5, 5.41) is 0. The summed E-state index contributed by atoms with van der Waals surface area (Å²) in [6.45, 7) is 2.18. The van der Waals surface area contributed by atoms with Gasteiger partial charge in [0.2, 0.25) is 0 Å². The second-order valence-corrected chi connectivity index (χ2v) is 7.68. The number of hydrogen-bond acceptors (Lipinski definition) is 2. The van der Waals surface area contributed by atoms with E-state index in [2.05, 4.69) is 6.92 Å². The van der Waals surface area contributed by atoms with E-state index in [9.17, 15) is 8.42 Å². The molecule has 0 radical (unpaired) electrons. The summed E-state index contributed by atoms with van der Waals surface area (Å²) in [5.74, 6) is 0. The van der Waals surface area contributed by atoms with Crippen LogP contribution in [-0.2, 0) is 9.84 Å². The van der Waals surface area contributed by atoms with Crippen molar-refractivity contribution in [3.63, 3.8) is 0 Å². The molecule has 3 fully saturated rings. The van der Waals surface area contributed by atoms with Crippen LogP contribution >= 0.6 is 0 Å². The van der Waals surface area contributed by atoms with Crippen LogP contribution in [0, 0.1) is 5.41 Å². The Morgan fingerprint density at radius 3 is 2.07 bits per heavy atom. The van der Waals surface area contributed by atoms with Crippen LogP contribution < -0.4 is 0 Å². The molecule has 0 amide bonds. The summed E-state index contributed by atoms with van der Waals surface area (Å²) >= 11 is 0. The minimum atomic E-state index is -3.07. The Labute approximate surface area is 90.2 Å². The topological polar surface area (TPSA) is 34.1 Å². The Kier molecular flexibility index (Phi) is 1.54. The molecule has 3 aliphatic carbocycles. The van der Waals surface area contributed by atoms with Gasteiger partial charge in [-0.15, -0.1) is 0 Å². The Balaban J connectivity index is 2.00. The molecule has 1 aromatic carbocycles. The van der Waals surface area contributed by atoms with Crippen molar-refractivity contribution < 1.29 is 8.42 Å². The first kappa shape index (κ1) is 9.40. The molecule has 0 N–H and O–H groups in total. The SMILES string of the molecule is CC12CC(S(=O)(=O)c3ccccc3)(C1)C2. The second kappa shape index (κ2) is 2.46. The van der Waals surface area contributed by atoms with E-state index in [0.29, 0.717) is 10.3 Å². The van der Waals surface area contributed by atoms with Crippen molar-refractivity contribution in [2.45, 2.75) is 35.8 Å². The fraction of sp³-hybridized carbons (Fsp3) is 0.500. The van der Waals surface area contributed by atoms with Crippen molar-refractivity contribution in [2.75, 3.05) is 0 Å². The third-order valence-corrected chi connectivity index (χ3v) is 6.34. The Morgan fingerprint density at radius 1 is 1.07 bits per heavy atom. The van der Waals surface area contributed by atoms with Crippen LogP contribution in [0.25, 0.3) is 0 Å². The first-order valence-corrected chi connectivity index (χ1v) is 6.76. The van der Waals surface area contributed by atoms with Crippen LogP contribution in [0.1, 0.15) is 26.2 Å². The van der Waals surface area contributed by atoms with Crippen LogP contribution in [0.2, 0.25) is 0 Å². The number of rotatable bonds is 2. The molecule has 2 nitrogen and oxygen atoms in total. The maximum atomic E-state index is 12.3. The molecule has 80 valence electrons. The summed E-state index contributed by atoms with van der Waals surface area (Å²) in [6, 6.07) is 8.85. The molecular formula is C12H14O2S. The highest BCUT2D eigenvalue weighted by molar-refractivity contribution is 7.93. The zero-order chi connectivity index (χ0) is 10.7.